The number of benzene rings is 2. The Balaban J connectivity index is 2.18. The van der Waals surface area contributed by atoms with Gasteiger partial charge in [-0.05, 0) is 24.3 Å². The van der Waals surface area contributed by atoms with Gasteiger partial charge in [-0.1, -0.05) is 17.7 Å². The number of nitro benzene ring substituents is 1. The number of nitrogens with zero attached hydrogens (tertiary/aromatic N) is 1. The Morgan fingerprint density at radius 1 is 1.38 bits per heavy atom. The molecule has 0 aliphatic rings. The highest BCUT2D eigenvalue weighted by Gasteiger charge is 2.12. The van der Waals surface area contributed by atoms with E-state index in [1.54, 1.807) is 0 Å². The topological polar surface area (TPSA) is 81.5 Å². The average molecular weight is 351 g/mol. The summed E-state index contributed by atoms with van der Waals surface area (Å²) in [6.07, 6.45) is 2.34. The summed E-state index contributed by atoms with van der Waals surface area (Å²) >= 11 is 5.86. The molecule has 0 aliphatic heterocycles. The Morgan fingerprint density at radius 3 is 2.75 bits per heavy atom. The third-order valence-corrected chi connectivity index (χ3v) is 3.38. The first-order chi connectivity index (χ1) is 11.4. The van der Waals surface area contributed by atoms with Crippen LogP contribution in [0.3, 0.4) is 0 Å². The Morgan fingerprint density at radius 2 is 2.12 bits per heavy atom. The van der Waals surface area contributed by atoms with Crippen LogP contribution >= 0.6 is 11.6 Å². The van der Waals surface area contributed by atoms with Crippen molar-refractivity contribution in [3.05, 3.63) is 69.0 Å². The van der Waals surface area contributed by atoms with Crippen molar-refractivity contribution in [3.63, 3.8) is 0 Å². The summed E-state index contributed by atoms with van der Waals surface area (Å²) in [4.78, 5) is 22.1. The lowest BCUT2D eigenvalue weighted by Gasteiger charge is -2.08. The van der Waals surface area contributed by atoms with Crippen LogP contribution in [0.1, 0.15) is 5.56 Å². The van der Waals surface area contributed by atoms with Crippen LogP contribution in [0, 0.1) is 15.9 Å². The number of non-ortho nitro benzene ring substituents is 1. The first-order valence-electron chi connectivity index (χ1n) is 6.68. The molecule has 0 aliphatic carbocycles. The molecule has 2 aromatic rings. The van der Waals surface area contributed by atoms with Crippen LogP contribution in [0.25, 0.3) is 6.08 Å². The average Bonchev–Trinajstić information content (AvgIpc) is 2.54. The van der Waals surface area contributed by atoms with Crippen LogP contribution in [0.4, 0.5) is 15.8 Å². The molecule has 24 heavy (non-hydrogen) atoms. The molecule has 0 saturated heterocycles. The van der Waals surface area contributed by atoms with Crippen molar-refractivity contribution >= 4 is 35.0 Å². The molecule has 0 unspecified atom stereocenters. The van der Waals surface area contributed by atoms with Gasteiger partial charge in [0.2, 0.25) is 5.91 Å². The van der Waals surface area contributed by atoms with Crippen LogP contribution in [-0.2, 0) is 4.79 Å². The van der Waals surface area contributed by atoms with Gasteiger partial charge in [-0.25, -0.2) is 4.39 Å². The van der Waals surface area contributed by atoms with Crippen LogP contribution < -0.4 is 10.1 Å². The summed E-state index contributed by atoms with van der Waals surface area (Å²) in [5.74, 6) is -0.990. The van der Waals surface area contributed by atoms with Gasteiger partial charge in [-0.2, -0.15) is 0 Å². The number of nitrogens with one attached hydrogen (secondary N) is 1. The largest absolute Gasteiger partial charge is 0.494 e. The number of carbonyl (C=O) groups is 1. The van der Waals surface area contributed by atoms with Gasteiger partial charge in [-0.3, -0.25) is 14.9 Å². The maximum Gasteiger partial charge on any atom is 0.273 e. The van der Waals surface area contributed by atoms with E-state index < -0.39 is 16.6 Å². The Labute approximate surface area is 141 Å². The molecule has 2 aromatic carbocycles. The highest BCUT2D eigenvalue weighted by atomic mass is 35.5. The van der Waals surface area contributed by atoms with E-state index in [2.05, 4.69) is 5.32 Å². The van der Waals surface area contributed by atoms with Gasteiger partial charge in [0.05, 0.1) is 28.8 Å². The molecule has 0 heterocycles. The van der Waals surface area contributed by atoms with Crippen molar-refractivity contribution in [1.82, 2.24) is 0 Å². The van der Waals surface area contributed by atoms with Crippen molar-refractivity contribution < 1.29 is 18.8 Å². The van der Waals surface area contributed by atoms with Crippen LogP contribution in [0.5, 0.6) is 5.75 Å². The fourth-order valence-electron chi connectivity index (χ4n) is 1.90. The van der Waals surface area contributed by atoms with E-state index in [1.165, 1.54) is 49.6 Å². The van der Waals surface area contributed by atoms with E-state index in [0.717, 1.165) is 6.08 Å². The molecular formula is C16H12ClFN2O4. The number of hydrogen-bond acceptors (Lipinski definition) is 4. The molecule has 1 amide bonds. The van der Waals surface area contributed by atoms with Crippen molar-refractivity contribution in [2.24, 2.45) is 0 Å². The number of ether oxygens (including phenoxy) is 1. The minimum Gasteiger partial charge on any atom is -0.494 e. The quantitative estimate of drug-likeness (QED) is 0.501. The third-order valence-electron chi connectivity index (χ3n) is 3.05. The second kappa shape index (κ2) is 7.56. The van der Waals surface area contributed by atoms with E-state index >= 15 is 0 Å². The molecule has 6 nitrogen and oxygen atoms in total. The zero-order valence-electron chi connectivity index (χ0n) is 12.5. The van der Waals surface area contributed by atoms with Crippen LogP contribution in [0.15, 0.2) is 42.5 Å². The highest BCUT2D eigenvalue weighted by Crippen LogP contribution is 2.29. The lowest BCUT2D eigenvalue weighted by atomic mass is 10.2. The molecule has 2 rings (SSSR count). The molecule has 0 aromatic heterocycles. The molecular weight excluding hydrogens is 339 g/mol. The molecule has 124 valence electrons. The predicted octanol–water partition coefficient (Wildman–Crippen LogP) is 4.05. The second-order valence-electron chi connectivity index (χ2n) is 4.60. The fraction of sp³-hybridized carbons (Fsp3) is 0.0625. The number of nitro groups is 1. The molecule has 8 heteroatoms. The van der Waals surface area contributed by atoms with Gasteiger partial charge in [0.15, 0.2) is 0 Å². The van der Waals surface area contributed by atoms with Crippen molar-refractivity contribution in [2.75, 3.05) is 12.4 Å². The number of methoxy groups -OCH3 is 1. The monoisotopic (exact) mass is 350 g/mol. The minimum absolute atomic E-state index is 0.0879. The summed E-state index contributed by atoms with van der Waals surface area (Å²) in [6, 6.07) is 7.95. The number of hydrogen-bond donors (Lipinski definition) is 1. The van der Waals surface area contributed by atoms with Crippen LogP contribution in [0.2, 0.25) is 5.02 Å². The number of carbonyl (C=O) groups excluding carboxylic acids is 1. The molecule has 0 fully saturated rings. The Bertz CT molecular complexity index is 803. The van der Waals surface area contributed by atoms with Gasteiger partial charge >= 0.3 is 0 Å². The lowest BCUT2D eigenvalue weighted by Crippen LogP contribution is -2.09. The maximum absolute atomic E-state index is 13.6. The fourth-order valence-corrected chi connectivity index (χ4v) is 2.13. The van der Waals surface area contributed by atoms with Crippen molar-refractivity contribution in [1.29, 1.82) is 0 Å². The van der Waals surface area contributed by atoms with Crippen LogP contribution in [-0.4, -0.2) is 17.9 Å². The molecule has 0 bridgehead atoms. The minimum atomic E-state index is -0.575. The predicted molar refractivity (Wildman–Crippen MR) is 88.7 cm³/mol. The number of anilines is 1. The van der Waals surface area contributed by atoms with Gasteiger partial charge in [0, 0.05) is 17.7 Å². The summed E-state index contributed by atoms with van der Waals surface area (Å²) in [5, 5.41) is 13.4. The van der Waals surface area contributed by atoms with E-state index in [4.69, 9.17) is 16.3 Å². The highest BCUT2D eigenvalue weighted by molar-refractivity contribution is 6.32. The van der Waals surface area contributed by atoms with E-state index in [-0.39, 0.29) is 27.7 Å². The van der Waals surface area contributed by atoms with Crippen molar-refractivity contribution in [3.8, 4) is 5.75 Å². The van der Waals surface area contributed by atoms with Crippen molar-refractivity contribution in [2.45, 2.75) is 0 Å². The third kappa shape index (κ3) is 4.08. The first kappa shape index (κ1) is 17.4. The molecule has 1 N–H and O–H groups in total. The zero-order chi connectivity index (χ0) is 17.7. The van der Waals surface area contributed by atoms with E-state index in [9.17, 15) is 19.3 Å². The molecule has 0 atom stereocenters. The second-order valence-corrected chi connectivity index (χ2v) is 5.01. The molecule has 0 radical (unpaired) electrons. The summed E-state index contributed by atoms with van der Waals surface area (Å²) < 4.78 is 18.6. The normalized spacial score (nSPS) is 10.6. The first-order valence-corrected chi connectivity index (χ1v) is 7.05. The van der Waals surface area contributed by atoms with E-state index in [1.807, 2.05) is 0 Å². The zero-order valence-corrected chi connectivity index (χ0v) is 13.2. The maximum atomic E-state index is 13.6. The Hall–Kier alpha value is -2.93. The number of rotatable bonds is 5. The summed E-state index contributed by atoms with van der Waals surface area (Å²) in [6.45, 7) is 0. The molecule has 0 saturated carbocycles. The van der Waals surface area contributed by atoms with Gasteiger partial charge in [0.25, 0.3) is 5.69 Å². The smallest absolute Gasteiger partial charge is 0.273 e. The van der Waals surface area contributed by atoms with E-state index in [0.29, 0.717) is 0 Å². The van der Waals surface area contributed by atoms with Gasteiger partial charge < -0.3 is 10.1 Å². The molecule has 0 spiro atoms. The standard InChI is InChI=1S/C16H12ClFN2O4/c1-24-15-9-10(20(22)23)5-7-14(15)19-16(21)8-6-11-12(17)3-2-4-13(11)18/h2-9H,1H3,(H,19,21). The summed E-state index contributed by atoms with van der Waals surface area (Å²) in [7, 11) is 1.32. The van der Waals surface area contributed by atoms with Gasteiger partial charge in [0.1, 0.15) is 11.6 Å². The van der Waals surface area contributed by atoms with Gasteiger partial charge in [-0.15, -0.1) is 0 Å². The number of halogens is 2. The number of amides is 1. The summed E-state index contributed by atoms with van der Waals surface area (Å²) in [5.41, 5.74) is 0.167. The Kier molecular flexibility index (Phi) is 5.49. The SMILES string of the molecule is COc1cc([N+](=O)[O-])ccc1NC(=O)C=Cc1c(F)cccc1Cl. The lowest BCUT2D eigenvalue weighted by molar-refractivity contribution is -0.384.